The van der Waals surface area contributed by atoms with Gasteiger partial charge in [-0.1, -0.05) is 129 Å². The van der Waals surface area contributed by atoms with E-state index in [4.69, 9.17) is 0 Å². The van der Waals surface area contributed by atoms with Gasteiger partial charge >= 0.3 is 23.1 Å². The van der Waals surface area contributed by atoms with E-state index >= 15 is 0 Å². The monoisotopic (exact) mass is 450 g/mol. The van der Waals surface area contributed by atoms with Gasteiger partial charge in [-0.15, -0.1) is 0 Å². The first-order chi connectivity index (χ1) is 14.5. The molecule has 0 heterocycles. The molecular formula is C26H50MgO4. The molecule has 0 aliphatic carbocycles. The summed E-state index contributed by atoms with van der Waals surface area (Å²) < 4.78 is 0. The van der Waals surface area contributed by atoms with Crippen molar-refractivity contribution in [2.24, 2.45) is 0 Å². The Bertz CT molecular complexity index is 327. The Hall–Kier alpha value is -0.294. The Morgan fingerprint density at radius 2 is 0.613 bits per heavy atom. The molecule has 0 unspecified atom stereocenters. The summed E-state index contributed by atoms with van der Waals surface area (Å²) in [5, 5.41) is 20.2. The van der Waals surface area contributed by atoms with Crippen molar-refractivity contribution < 1.29 is 19.8 Å². The van der Waals surface area contributed by atoms with E-state index in [1.54, 1.807) is 0 Å². The molecule has 0 saturated carbocycles. The molecule has 0 aromatic rings. The zero-order valence-electron chi connectivity index (χ0n) is 20.9. The van der Waals surface area contributed by atoms with Crippen molar-refractivity contribution in [1.29, 1.82) is 0 Å². The third-order valence-corrected chi connectivity index (χ3v) is 5.47. The van der Waals surface area contributed by atoms with Crippen LogP contribution in [0.5, 0.6) is 0 Å². The van der Waals surface area contributed by atoms with Crippen molar-refractivity contribution in [2.75, 3.05) is 0 Å². The van der Waals surface area contributed by atoms with Crippen molar-refractivity contribution >= 4 is 35.0 Å². The molecule has 0 aromatic carbocycles. The number of carbonyl (C=O) groups excluding carboxylic acids is 2. The van der Waals surface area contributed by atoms with Crippen LogP contribution >= 0.6 is 0 Å². The van der Waals surface area contributed by atoms with Gasteiger partial charge in [0.15, 0.2) is 0 Å². The fourth-order valence-corrected chi connectivity index (χ4v) is 3.51. The minimum atomic E-state index is -0.908. The van der Waals surface area contributed by atoms with E-state index in [1.165, 1.54) is 103 Å². The first kappa shape index (κ1) is 35.3. The summed E-state index contributed by atoms with van der Waals surface area (Å²) in [5.41, 5.74) is 0. The van der Waals surface area contributed by atoms with E-state index < -0.39 is 11.9 Å². The van der Waals surface area contributed by atoms with Gasteiger partial charge in [0, 0.05) is 11.9 Å². The molecule has 0 N–H and O–H groups in total. The molecule has 0 rings (SSSR count). The van der Waals surface area contributed by atoms with Crippen LogP contribution in [0, 0.1) is 0 Å². The van der Waals surface area contributed by atoms with E-state index in [-0.39, 0.29) is 35.9 Å². The Labute approximate surface area is 209 Å². The quantitative estimate of drug-likeness (QED) is 0.156. The molecule has 180 valence electrons. The van der Waals surface area contributed by atoms with Gasteiger partial charge in [0.05, 0.1) is 0 Å². The first-order valence-corrected chi connectivity index (χ1v) is 12.9. The maximum Gasteiger partial charge on any atom is 2.00 e. The second kappa shape index (κ2) is 31.9. The van der Waals surface area contributed by atoms with Gasteiger partial charge in [0.1, 0.15) is 0 Å². The normalized spacial score (nSPS) is 10.1. The summed E-state index contributed by atoms with van der Waals surface area (Å²) in [5.74, 6) is -1.82. The number of unbranched alkanes of at least 4 members (excludes halogenated alkanes) is 18. The van der Waals surface area contributed by atoms with Crippen molar-refractivity contribution in [3.8, 4) is 0 Å². The maximum absolute atomic E-state index is 10.1. The number of carbonyl (C=O) groups is 2. The summed E-state index contributed by atoms with van der Waals surface area (Å²) in [6.07, 6.45) is 25.2. The van der Waals surface area contributed by atoms with Gasteiger partial charge in [0.25, 0.3) is 0 Å². The van der Waals surface area contributed by atoms with Gasteiger partial charge in [-0.3, -0.25) is 0 Å². The molecule has 0 aliphatic rings. The smallest absolute Gasteiger partial charge is 0.550 e. The van der Waals surface area contributed by atoms with E-state index in [1.807, 2.05) is 0 Å². The Morgan fingerprint density at radius 3 is 0.806 bits per heavy atom. The zero-order valence-corrected chi connectivity index (χ0v) is 22.3. The molecule has 4 nitrogen and oxygen atoms in total. The number of carboxylic acid groups (broad SMARTS) is 2. The van der Waals surface area contributed by atoms with Crippen molar-refractivity contribution in [2.45, 2.75) is 155 Å². The molecule has 0 radical (unpaired) electrons. The van der Waals surface area contributed by atoms with Gasteiger partial charge in [-0.2, -0.15) is 0 Å². The van der Waals surface area contributed by atoms with E-state index in [9.17, 15) is 19.8 Å². The molecule has 0 aromatic heterocycles. The van der Waals surface area contributed by atoms with E-state index in [0.717, 1.165) is 25.7 Å². The minimum Gasteiger partial charge on any atom is -0.550 e. The van der Waals surface area contributed by atoms with Crippen LogP contribution in [0.25, 0.3) is 0 Å². The summed E-state index contributed by atoms with van der Waals surface area (Å²) in [4.78, 5) is 20.2. The van der Waals surface area contributed by atoms with Crippen LogP contribution in [0.2, 0.25) is 0 Å². The van der Waals surface area contributed by atoms with Crippen LogP contribution < -0.4 is 10.2 Å². The van der Waals surface area contributed by atoms with Crippen LogP contribution in [-0.4, -0.2) is 35.0 Å². The van der Waals surface area contributed by atoms with Gasteiger partial charge < -0.3 is 19.8 Å². The molecule has 5 heteroatoms. The molecule has 0 saturated heterocycles. The average Bonchev–Trinajstić information content (AvgIpc) is 2.71. The first-order valence-electron chi connectivity index (χ1n) is 12.9. The predicted octanol–water partition coefficient (Wildman–Crippen LogP) is 5.71. The molecule has 0 aliphatic heterocycles. The Kier molecular flexibility index (Phi) is 36.3. The zero-order chi connectivity index (χ0) is 22.7. The van der Waals surface area contributed by atoms with Crippen LogP contribution in [0.3, 0.4) is 0 Å². The largest absolute Gasteiger partial charge is 2.00 e. The van der Waals surface area contributed by atoms with Crippen LogP contribution in [-0.2, 0) is 9.59 Å². The molecular weight excluding hydrogens is 401 g/mol. The second-order valence-corrected chi connectivity index (χ2v) is 8.61. The topological polar surface area (TPSA) is 80.3 Å². The van der Waals surface area contributed by atoms with Gasteiger partial charge in [-0.25, -0.2) is 0 Å². The standard InChI is InChI=1S/2C13H26O2.Mg/c2*1-2-3-4-5-6-7-8-9-10-11-12-13(14)15;/h2*2-12H2,1H3,(H,14,15);/q;;+2/p-2. The van der Waals surface area contributed by atoms with Crippen molar-refractivity contribution in [3.05, 3.63) is 0 Å². The minimum absolute atomic E-state index is 0. The summed E-state index contributed by atoms with van der Waals surface area (Å²) in [7, 11) is 0. The van der Waals surface area contributed by atoms with Gasteiger partial charge in [0.2, 0.25) is 0 Å². The number of rotatable bonds is 22. The van der Waals surface area contributed by atoms with Crippen molar-refractivity contribution in [1.82, 2.24) is 0 Å². The molecule has 31 heavy (non-hydrogen) atoms. The summed E-state index contributed by atoms with van der Waals surface area (Å²) >= 11 is 0. The fraction of sp³-hybridized carbons (Fsp3) is 0.923. The fourth-order valence-electron chi connectivity index (χ4n) is 3.51. The summed E-state index contributed by atoms with van der Waals surface area (Å²) in [6.45, 7) is 4.47. The molecule has 0 fully saturated rings. The number of hydrogen-bond donors (Lipinski definition) is 0. The predicted molar refractivity (Wildman–Crippen MR) is 129 cm³/mol. The number of aliphatic carboxylic acids is 2. The maximum atomic E-state index is 10.1. The molecule has 0 amide bonds. The SMILES string of the molecule is CCCCCCCCCCCCC(=O)[O-].CCCCCCCCCCCCC(=O)[O-].[Mg+2]. The van der Waals surface area contributed by atoms with E-state index in [0.29, 0.717) is 0 Å². The molecule has 0 atom stereocenters. The Balaban J connectivity index is -0.000000490. The molecule has 0 spiro atoms. The molecule has 0 bridgehead atoms. The van der Waals surface area contributed by atoms with Crippen molar-refractivity contribution in [3.63, 3.8) is 0 Å². The van der Waals surface area contributed by atoms with Crippen LogP contribution in [0.1, 0.15) is 155 Å². The number of carboxylic acids is 2. The summed E-state index contributed by atoms with van der Waals surface area (Å²) in [6, 6.07) is 0. The third kappa shape index (κ3) is 40.6. The third-order valence-electron chi connectivity index (χ3n) is 5.47. The Morgan fingerprint density at radius 1 is 0.419 bits per heavy atom. The number of hydrogen-bond acceptors (Lipinski definition) is 4. The van der Waals surface area contributed by atoms with Crippen LogP contribution in [0.4, 0.5) is 0 Å². The van der Waals surface area contributed by atoms with Gasteiger partial charge in [-0.05, 0) is 25.7 Å². The average molecular weight is 451 g/mol. The van der Waals surface area contributed by atoms with Crippen LogP contribution in [0.15, 0.2) is 0 Å². The van der Waals surface area contributed by atoms with E-state index in [2.05, 4.69) is 13.8 Å². The second-order valence-electron chi connectivity index (χ2n) is 8.61.